The third-order valence-electron chi connectivity index (χ3n) is 3.87. The van der Waals surface area contributed by atoms with Gasteiger partial charge in [0.15, 0.2) is 5.82 Å². The van der Waals surface area contributed by atoms with Crippen LogP contribution in [0.3, 0.4) is 0 Å². The monoisotopic (exact) mass is 307 g/mol. The minimum atomic E-state index is 0.346. The van der Waals surface area contributed by atoms with Crippen LogP contribution in [-0.2, 0) is 6.54 Å². The number of nitrogens with zero attached hydrogens (tertiary/aromatic N) is 5. The van der Waals surface area contributed by atoms with E-state index in [0.29, 0.717) is 17.1 Å². The van der Waals surface area contributed by atoms with E-state index in [1.165, 1.54) is 0 Å². The summed E-state index contributed by atoms with van der Waals surface area (Å²) in [7, 11) is 1.56. The molecule has 0 N–H and O–H groups in total. The molecule has 0 aliphatic carbocycles. The average Bonchev–Trinajstić information content (AvgIpc) is 3.10. The number of hydrogen-bond acceptors (Lipinski definition) is 5. The molecule has 3 heterocycles. The lowest BCUT2D eigenvalue weighted by Crippen LogP contribution is -2.34. The fourth-order valence-corrected chi connectivity index (χ4v) is 2.97. The zero-order valence-corrected chi connectivity index (χ0v) is 12.9. The molecule has 0 saturated carbocycles. The number of aryl methyl sites for hydroxylation is 1. The molecule has 1 aliphatic rings. The van der Waals surface area contributed by atoms with Gasteiger partial charge in [0.05, 0.1) is 13.3 Å². The Hall–Kier alpha value is -1.82. The first kappa shape index (κ1) is 14.1. The molecule has 112 valence electrons. The van der Waals surface area contributed by atoms with Crippen LogP contribution in [0.25, 0.3) is 0 Å². The number of ether oxygens (including phenoxy) is 1. The quantitative estimate of drug-likeness (QED) is 0.867. The van der Waals surface area contributed by atoms with Crippen LogP contribution in [0.1, 0.15) is 18.7 Å². The first-order valence-corrected chi connectivity index (χ1v) is 7.37. The molecule has 0 radical (unpaired) electrons. The molecular formula is C14H18ClN5O. The summed E-state index contributed by atoms with van der Waals surface area (Å²) in [4.78, 5) is 15.0. The van der Waals surface area contributed by atoms with Crippen molar-refractivity contribution in [3.63, 3.8) is 0 Å². The van der Waals surface area contributed by atoms with Gasteiger partial charge in [-0.1, -0.05) is 11.6 Å². The lowest BCUT2D eigenvalue weighted by molar-refractivity contribution is 0.379. The number of imidazole rings is 1. The van der Waals surface area contributed by atoms with Crippen LogP contribution in [0.4, 0.5) is 5.82 Å². The van der Waals surface area contributed by atoms with Gasteiger partial charge in [-0.2, -0.15) is 4.98 Å². The van der Waals surface area contributed by atoms with Crippen molar-refractivity contribution >= 4 is 17.4 Å². The second-order valence-electron chi connectivity index (χ2n) is 5.14. The number of halogens is 1. The van der Waals surface area contributed by atoms with Crippen LogP contribution in [0.2, 0.25) is 5.02 Å². The van der Waals surface area contributed by atoms with Crippen LogP contribution in [0.15, 0.2) is 18.6 Å². The van der Waals surface area contributed by atoms with E-state index >= 15 is 0 Å². The Kier molecular flexibility index (Phi) is 3.96. The van der Waals surface area contributed by atoms with Crippen LogP contribution in [0, 0.1) is 6.92 Å². The van der Waals surface area contributed by atoms with Gasteiger partial charge in [0.25, 0.3) is 0 Å². The number of hydrogen-bond donors (Lipinski definition) is 0. The van der Waals surface area contributed by atoms with Crippen LogP contribution < -0.4 is 9.64 Å². The number of anilines is 1. The van der Waals surface area contributed by atoms with Crippen molar-refractivity contribution in [2.75, 3.05) is 18.6 Å². The second kappa shape index (κ2) is 5.89. The maximum atomic E-state index is 6.27. The van der Waals surface area contributed by atoms with Gasteiger partial charge in [-0.25, -0.2) is 9.97 Å². The van der Waals surface area contributed by atoms with Crippen molar-refractivity contribution in [1.82, 2.24) is 19.5 Å². The highest BCUT2D eigenvalue weighted by Gasteiger charge is 2.28. The molecule has 2 aromatic rings. The zero-order valence-electron chi connectivity index (χ0n) is 12.2. The minimum Gasteiger partial charge on any atom is -0.467 e. The molecule has 0 amide bonds. The first-order valence-electron chi connectivity index (χ1n) is 7.00. The zero-order chi connectivity index (χ0) is 14.8. The molecule has 21 heavy (non-hydrogen) atoms. The van der Waals surface area contributed by atoms with Gasteiger partial charge in [-0.15, -0.1) is 0 Å². The summed E-state index contributed by atoms with van der Waals surface area (Å²) in [5.41, 5.74) is 0. The van der Waals surface area contributed by atoms with Gasteiger partial charge in [-0.05, 0) is 19.8 Å². The normalized spacial score (nSPS) is 18.2. The molecule has 1 atom stereocenters. The van der Waals surface area contributed by atoms with Gasteiger partial charge in [-0.3, -0.25) is 0 Å². The summed E-state index contributed by atoms with van der Waals surface area (Å²) in [6, 6.07) is 0.703. The largest absolute Gasteiger partial charge is 0.467 e. The standard InChI is InChI=1S/C14H18ClN5O/c1-10-16-5-7-19(10)9-11-4-3-6-20(11)13-12(15)8-17-14(18-13)21-2/h5,7-8,11H,3-4,6,9H2,1-2H3. The Morgan fingerprint density at radius 3 is 3.00 bits per heavy atom. The highest BCUT2D eigenvalue weighted by molar-refractivity contribution is 6.32. The lowest BCUT2D eigenvalue weighted by atomic mass is 10.2. The SMILES string of the molecule is COc1ncc(Cl)c(N2CCCC2Cn2ccnc2C)n1. The number of aromatic nitrogens is 4. The van der Waals surface area contributed by atoms with E-state index in [1.807, 2.05) is 19.3 Å². The summed E-state index contributed by atoms with van der Waals surface area (Å²) in [6.45, 7) is 3.84. The maximum Gasteiger partial charge on any atom is 0.318 e. The summed E-state index contributed by atoms with van der Waals surface area (Å²) >= 11 is 6.27. The third-order valence-corrected chi connectivity index (χ3v) is 4.13. The van der Waals surface area contributed by atoms with Crippen molar-refractivity contribution < 1.29 is 4.74 Å². The Balaban J connectivity index is 1.85. The van der Waals surface area contributed by atoms with E-state index in [0.717, 1.165) is 37.6 Å². The number of rotatable bonds is 4. The third kappa shape index (κ3) is 2.81. The van der Waals surface area contributed by atoms with E-state index in [4.69, 9.17) is 16.3 Å². The molecule has 6 nitrogen and oxygen atoms in total. The first-order chi connectivity index (χ1) is 10.2. The van der Waals surface area contributed by atoms with Gasteiger partial charge in [0.1, 0.15) is 10.8 Å². The molecule has 1 fully saturated rings. The topological polar surface area (TPSA) is 56.1 Å². The average molecular weight is 308 g/mol. The molecule has 1 unspecified atom stereocenters. The second-order valence-corrected chi connectivity index (χ2v) is 5.55. The maximum absolute atomic E-state index is 6.27. The molecule has 1 saturated heterocycles. The molecular weight excluding hydrogens is 290 g/mol. The molecule has 0 bridgehead atoms. The van der Waals surface area contributed by atoms with Crippen molar-refractivity contribution in [3.8, 4) is 6.01 Å². The predicted molar refractivity (Wildman–Crippen MR) is 80.9 cm³/mol. The highest BCUT2D eigenvalue weighted by Crippen LogP contribution is 2.31. The highest BCUT2D eigenvalue weighted by atomic mass is 35.5. The number of methoxy groups -OCH3 is 1. The van der Waals surface area contributed by atoms with Gasteiger partial charge < -0.3 is 14.2 Å². The van der Waals surface area contributed by atoms with Crippen molar-refractivity contribution in [1.29, 1.82) is 0 Å². The summed E-state index contributed by atoms with van der Waals surface area (Å²) in [6.07, 6.45) is 7.67. The Morgan fingerprint density at radius 1 is 1.43 bits per heavy atom. The Morgan fingerprint density at radius 2 is 2.29 bits per heavy atom. The Bertz CT molecular complexity index is 630. The molecule has 2 aromatic heterocycles. The molecule has 0 aromatic carbocycles. The van der Waals surface area contributed by atoms with Gasteiger partial charge in [0, 0.05) is 31.5 Å². The fraction of sp³-hybridized carbons (Fsp3) is 0.500. The van der Waals surface area contributed by atoms with Crippen molar-refractivity contribution in [3.05, 3.63) is 29.4 Å². The molecule has 0 spiro atoms. The van der Waals surface area contributed by atoms with Crippen LogP contribution >= 0.6 is 11.6 Å². The van der Waals surface area contributed by atoms with Crippen molar-refractivity contribution in [2.24, 2.45) is 0 Å². The lowest BCUT2D eigenvalue weighted by Gasteiger charge is -2.27. The molecule has 3 rings (SSSR count). The smallest absolute Gasteiger partial charge is 0.318 e. The summed E-state index contributed by atoms with van der Waals surface area (Å²) < 4.78 is 7.27. The molecule has 1 aliphatic heterocycles. The van der Waals surface area contributed by atoms with E-state index in [-0.39, 0.29) is 0 Å². The summed E-state index contributed by atoms with van der Waals surface area (Å²) in [5.74, 6) is 1.78. The van der Waals surface area contributed by atoms with Gasteiger partial charge in [0.2, 0.25) is 0 Å². The fourth-order valence-electron chi connectivity index (χ4n) is 2.77. The van der Waals surface area contributed by atoms with E-state index in [2.05, 4.69) is 24.4 Å². The Labute approximate surface area is 128 Å². The predicted octanol–water partition coefficient (Wildman–Crippen LogP) is 2.31. The van der Waals surface area contributed by atoms with E-state index < -0.39 is 0 Å². The van der Waals surface area contributed by atoms with E-state index in [9.17, 15) is 0 Å². The van der Waals surface area contributed by atoms with Gasteiger partial charge >= 0.3 is 6.01 Å². The van der Waals surface area contributed by atoms with Crippen LogP contribution in [-0.4, -0.2) is 39.2 Å². The van der Waals surface area contributed by atoms with Crippen molar-refractivity contribution in [2.45, 2.75) is 32.4 Å². The molecule has 7 heteroatoms. The minimum absolute atomic E-state index is 0.346. The van der Waals surface area contributed by atoms with E-state index in [1.54, 1.807) is 13.3 Å². The van der Waals surface area contributed by atoms with Crippen LogP contribution in [0.5, 0.6) is 6.01 Å². The summed E-state index contributed by atoms with van der Waals surface area (Å²) in [5, 5.41) is 0.560.